The van der Waals surface area contributed by atoms with Crippen molar-refractivity contribution in [2.24, 2.45) is 5.73 Å². The van der Waals surface area contributed by atoms with Gasteiger partial charge in [0.2, 0.25) is 0 Å². The van der Waals surface area contributed by atoms with Crippen molar-refractivity contribution in [1.29, 1.82) is 0 Å². The van der Waals surface area contributed by atoms with Gasteiger partial charge in [0.1, 0.15) is 0 Å². The number of carbonyl (C=O) groups is 1. The maximum absolute atomic E-state index is 13.4. The van der Waals surface area contributed by atoms with Gasteiger partial charge in [-0.05, 0) is 0 Å². The summed E-state index contributed by atoms with van der Waals surface area (Å²) >= 11 is 0.869. The van der Waals surface area contributed by atoms with Crippen LogP contribution in [0.4, 0.5) is 8.78 Å². The van der Waals surface area contributed by atoms with Gasteiger partial charge in [0.05, 0.1) is 0 Å². The molecule has 3 nitrogen and oxygen atoms in total. The van der Waals surface area contributed by atoms with E-state index in [1.807, 2.05) is 0 Å². The van der Waals surface area contributed by atoms with Gasteiger partial charge in [-0.15, -0.1) is 0 Å². The number of hydrogen-bond donors (Lipinski definition) is 2. The van der Waals surface area contributed by atoms with Crippen molar-refractivity contribution in [3.05, 3.63) is 29.3 Å². The second-order valence-corrected chi connectivity index (χ2v) is 4.45. The van der Waals surface area contributed by atoms with Crippen molar-refractivity contribution >= 4 is 9.24 Å². The summed E-state index contributed by atoms with van der Waals surface area (Å²) in [4.78, 5) is 10.4. The molecule has 82 valence electrons. The summed E-state index contributed by atoms with van der Waals surface area (Å²) in [6, 6.07) is 1.16. The molecule has 15 heavy (non-hydrogen) atoms. The summed E-state index contributed by atoms with van der Waals surface area (Å²) in [7, 11) is 0. The fourth-order valence-electron chi connectivity index (χ4n) is 1.05. The Morgan fingerprint density at radius 1 is 1.53 bits per heavy atom. The molecule has 6 heteroatoms. The molecule has 1 aromatic rings. The van der Waals surface area contributed by atoms with E-state index >= 15 is 0 Å². The van der Waals surface area contributed by atoms with Crippen LogP contribution < -0.4 is 9.01 Å². The maximum atomic E-state index is 13.4. The van der Waals surface area contributed by atoms with Gasteiger partial charge in [-0.25, -0.2) is 0 Å². The molecule has 1 atom stereocenters. The molecule has 1 rings (SSSR count). The topological polar surface area (TPSA) is 63.3 Å². The van der Waals surface area contributed by atoms with Crippen molar-refractivity contribution in [3.63, 3.8) is 0 Å². The molecule has 0 aliphatic rings. The van der Waals surface area contributed by atoms with Crippen molar-refractivity contribution in [1.82, 2.24) is 0 Å². The first-order chi connectivity index (χ1) is 6.93. The molecule has 0 aromatic heterocycles. The fourth-order valence-corrected chi connectivity index (χ4v) is 1.76. The molecule has 0 aliphatic heterocycles. The van der Waals surface area contributed by atoms with Crippen LogP contribution in [-0.4, -0.2) is 17.1 Å². The third-order valence-electron chi connectivity index (χ3n) is 1.87. The molecule has 0 spiro atoms. The Bertz CT molecular complexity index is 398. The third kappa shape index (κ3) is 2.92. The average molecular weight is 411 g/mol. The number of rotatable bonds is 3. The Morgan fingerprint density at radius 3 is 2.67 bits per heavy atom. The minimum atomic E-state index is -1.21. The van der Waals surface area contributed by atoms with Crippen LogP contribution in [0.25, 0.3) is 0 Å². The van der Waals surface area contributed by atoms with Crippen LogP contribution in [0.15, 0.2) is 12.1 Å². The predicted octanol–water partition coefficient (Wildman–Crippen LogP) is 0.0938. The summed E-state index contributed by atoms with van der Waals surface area (Å²) in [6.07, 6.45) is -0.142. The van der Waals surface area contributed by atoms with Crippen LogP contribution in [0.3, 0.4) is 0 Å². The van der Waals surface area contributed by atoms with E-state index in [0.29, 0.717) is 0 Å². The van der Waals surface area contributed by atoms with Gasteiger partial charge >= 0.3 is 100 Å². The van der Waals surface area contributed by atoms with Gasteiger partial charge in [0.25, 0.3) is 0 Å². The van der Waals surface area contributed by atoms with Gasteiger partial charge in [0.15, 0.2) is 0 Å². The molecule has 1 aromatic carbocycles. The number of carboxylic acids is 1. The zero-order valence-corrected chi connectivity index (χ0v) is 10.4. The monoisotopic (exact) mass is 411 g/mol. The van der Waals surface area contributed by atoms with E-state index in [1.54, 1.807) is 0 Å². The summed E-state index contributed by atoms with van der Waals surface area (Å²) in [5.74, 6) is -2.54. The first kappa shape index (κ1) is 12.5. The number of benzene rings is 1. The Balaban J connectivity index is 2.97. The molecule has 0 unspecified atom stereocenters. The fraction of sp³-hybridized carbons (Fsp3) is 0.222. The van der Waals surface area contributed by atoms with Crippen LogP contribution in [-0.2, 0) is 11.2 Å². The zero-order chi connectivity index (χ0) is 11.6. The van der Waals surface area contributed by atoms with E-state index in [2.05, 4.69) is 0 Å². The molecule has 0 heterocycles. The van der Waals surface area contributed by atoms with Crippen LogP contribution in [0.5, 0.6) is 0 Å². The Kier molecular flexibility index (Phi) is 4.11. The van der Waals surface area contributed by atoms with Crippen LogP contribution in [0.2, 0.25) is 0 Å². The Hall–Kier alpha value is -0.607. The second kappa shape index (κ2) is 4.95. The molecule has 0 aliphatic carbocycles. The van der Waals surface area contributed by atoms with Gasteiger partial charge in [-0.3, -0.25) is 0 Å². The minimum absolute atomic E-state index is 0.0647. The first-order valence-electron chi connectivity index (χ1n) is 4.04. The number of carboxylic acid groups (broad SMARTS) is 1. The first-order valence-corrected chi connectivity index (χ1v) is 5.51. The van der Waals surface area contributed by atoms with Gasteiger partial charge in [0, 0.05) is 0 Å². The number of aliphatic carboxylic acids is 1. The van der Waals surface area contributed by atoms with Crippen LogP contribution in [0.1, 0.15) is 5.56 Å². The van der Waals surface area contributed by atoms with E-state index in [-0.39, 0.29) is 15.3 Å². The van der Waals surface area contributed by atoms with Gasteiger partial charge in [-0.1, -0.05) is 0 Å². The zero-order valence-electron chi connectivity index (χ0n) is 7.51. The van der Waals surface area contributed by atoms with Crippen molar-refractivity contribution < 1.29 is 43.4 Å². The summed E-state index contributed by atoms with van der Waals surface area (Å²) in [6.45, 7) is 0. The molecule has 0 amide bonds. The molecular weight excluding hydrogens is 403 g/mol. The van der Waals surface area contributed by atoms with Gasteiger partial charge < -0.3 is 0 Å². The third-order valence-corrected chi connectivity index (χ3v) is 3.22. The van der Waals surface area contributed by atoms with E-state index < -0.39 is 23.6 Å². The summed E-state index contributed by atoms with van der Waals surface area (Å²) < 4.78 is 26.2. The summed E-state index contributed by atoms with van der Waals surface area (Å²) in [5.41, 5.74) is 5.38. The average Bonchev–Trinajstić information content (AvgIpc) is 2.18. The molecule has 0 bridgehead atoms. The van der Waals surface area contributed by atoms with Gasteiger partial charge in [-0.2, -0.15) is 0 Å². The van der Waals surface area contributed by atoms with E-state index in [1.165, 1.54) is 6.07 Å². The molecule has 0 saturated heterocycles. The normalized spacial score (nSPS) is 12.5. The van der Waals surface area contributed by atoms with E-state index in [4.69, 9.17) is 10.8 Å². The van der Waals surface area contributed by atoms with Crippen molar-refractivity contribution in [2.75, 3.05) is 0 Å². The Labute approximate surface area is 100 Å². The van der Waals surface area contributed by atoms with Crippen LogP contribution >= 0.6 is 0 Å². The van der Waals surface area contributed by atoms with E-state index in [9.17, 15) is 13.6 Å². The SMILES string of the molecule is N[C@@H](Cc1ccc(F)c([211At])c1F)C(=O)O. The predicted molar refractivity (Wildman–Crippen MR) is 45.3 cm³/mol. The molecule has 0 fully saturated rings. The molecule has 0 radical (unpaired) electrons. The Morgan fingerprint density at radius 2 is 2.13 bits per heavy atom. The van der Waals surface area contributed by atoms with Crippen LogP contribution in [0, 0.1) is 36.4 Å². The molecule has 3 N–H and O–H groups in total. The van der Waals surface area contributed by atoms with Crippen molar-refractivity contribution in [2.45, 2.75) is 12.5 Å². The number of nitrogens with two attached hydrogens (primary N) is 1. The standard InChI is InChI=1S/C9H8AtF2NO2/c10-7-5(11)2-1-4(8(7)12)3-6(13)9(14)15/h1-2,6H,3,13H2,(H,14,15)/t6-/m0/s1/i10+1. The second-order valence-electron chi connectivity index (χ2n) is 2.98. The van der Waals surface area contributed by atoms with Crippen molar-refractivity contribution in [3.8, 4) is 0 Å². The van der Waals surface area contributed by atoms with E-state index in [0.717, 1.165) is 30.8 Å². The number of hydrogen-bond acceptors (Lipinski definition) is 2. The summed E-state index contributed by atoms with van der Waals surface area (Å²) in [5, 5.41) is 8.54. The molecule has 0 saturated carbocycles. The molecular formula is C9H8AtF2NO2. The number of halogens is 2. The quantitative estimate of drug-likeness (QED) is 0.742.